The van der Waals surface area contributed by atoms with Crippen LogP contribution in [0.5, 0.6) is 5.75 Å². The van der Waals surface area contributed by atoms with E-state index in [-0.39, 0.29) is 11.4 Å². The van der Waals surface area contributed by atoms with E-state index in [1.807, 2.05) is 43.0 Å². The van der Waals surface area contributed by atoms with Crippen LogP contribution in [-0.4, -0.2) is 30.6 Å². The highest BCUT2D eigenvalue weighted by Gasteiger charge is 2.45. The van der Waals surface area contributed by atoms with E-state index >= 15 is 0 Å². The van der Waals surface area contributed by atoms with Gasteiger partial charge in [-0.25, -0.2) is 0 Å². The van der Waals surface area contributed by atoms with Gasteiger partial charge in [0, 0.05) is 18.3 Å². The summed E-state index contributed by atoms with van der Waals surface area (Å²) in [7, 11) is 1.63. The monoisotopic (exact) mass is 262 g/mol. The summed E-state index contributed by atoms with van der Waals surface area (Å²) in [5.41, 5.74) is 0.0707. The molecule has 19 heavy (non-hydrogen) atoms. The molecular weight excluding hydrogens is 240 g/mol. The molecule has 0 aliphatic carbocycles. The van der Waals surface area contributed by atoms with Gasteiger partial charge in [0.05, 0.1) is 18.2 Å². The lowest BCUT2D eigenvalue weighted by atomic mass is 9.90. The Kier molecular flexibility index (Phi) is 3.31. The first-order valence-corrected chi connectivity index (χ1v) is 6.52. The van der Waals surface area contributed by atoms with Crippen molar-refractivity contribution in [2.45, 2.75) is 38.8 Å². The molecule has 0 saturated carbocycles. The molecule has 1 amide bonds. The Morgan fingerprint density at radius 3 is 2.58 bits per heavy atom. The van der Waals surface area contributed by atoms with Gasteiger partial charge in [0.1, 0.15) is 5.75 Å². The minimum absolute atomic E-state index is 0.0806. The standard InChI is InChI=1S/C15H22N2O2/c1-14(2)10-16-15(3,4)13(18)17(14)11-7-6-8-12(9-11)19-5/h6-9,16H,10H2,1-5H3. The van der Waals surface area contributed by atoms with E-state index in [0.29, 0.717) is 0 Å². The molecule has 1 aliphatic rings. The van der Waals surface area contributed by atoms with Crippen LogP contribution in [0.15, 0.2) is 24.3 Å². The summed E-state index contributed by atoms with van der Waals surface area (Å²) in [6, 6.07) is 7.64. The number of hydrogen-bond acceptors (Lipinski definition) is 3. The van der Waals surface area contributed by atoms with Crippen molar-refractivity contribution in [2.75, 3.05) is 18.6 Å². The number of carbonyl (C=O) groups excluding carboxylic acids is 1. The minimum atomic E-state index is -0.543. The smallest absolute Gasteiger partial charge is 0.247 e. The van der Waals surface area contributed by atoms with Crippen molar-refractivity contribution in [1.82, 2.24) is 5.32 Å². The van der Waals surface area contributed by atoms with Gasteiger partial charge in [-0.2, -0.15) is 0 Å². The van der Waals surface area contributed by atoms with Gasteiger partial charge in [-0.05, 0) is 39.8 Å². The van der Waals surface area contributed by atoms with Gasteiger partial charge in [0.15, 0.2) is 0 Å². The molecule has 0 bridgehead atoms. The van der Waals surface area contributed by atoms with Crippen molar-refractivity contribution in [3.05, 3.63) is 24.3 Å². The van der Waals surface area contributed by atoms with Crippen molar-refractivity contribution in [1.29, 1.82) is 0 Å². The normalized spacial score (nSPS) is 21.3. The van der Waals surface area contributed by atoms with Gasteiger partial charge in [-0.3, -0.25) is 4.79 Å². The second kappa shape index (κ2) is 4.53. The molecule has 0 atom stereocenters. The molecule has 0 aromatic heterocycles. The second-order valence-corrected chi connectivity index (χ2v) is 6.13. The lowest BCUT2D eigenvalue weighted by molar-refractivity contribution is -0.126. The number of hydrogen-bond donors (Lipinski definition) is 1. The Balaban J connectivity index is 2.46. The Morgan fingerprint density at radius 1 is 1.26 bits per heavy atom. The maximum Gasteiger partial charge on any atom is 0.247 e. The van der Waals surface area contributed by atoms with Crippen molar-refractivity contribution in [3.8, 4) is 5.75 Å². The molecular formula is C15H22N2O2. The number of benzene rings is 1. The molecule has 0 unspecified atom stereocenters. The fourth-order valence-electron chi connectivity index (χ4n) is 2.36. The molecule has 0 radical (unpaired) electrons. The molecule has 1 N–H and O–H groups in total. The van der Waals surface area contributed by atoms with Crippen LogP contribution in [0, 0.1) is 0 Å². The average Bonchev–Trinajstić information content (AvgIpc) is 2.35. The van der Waals surface area contributed by atoms with E-state index in [1.165, 1.54) is 0 Å². The lowest BCUT2D eigenvalue weighted by Gasteiger charge is -2.48. The predicted molar refractivity (Wildman–Crippen MR) is 76.6 cm³/mol. The van der Waals surface area contributed by atoms with Crippen LogP contribution in [0.25, 0.3) is 0 Å². The summed E-state index contributed by atoms with van der Waals surface area (Å²) in [5.74, 6) is 0.842. The van der Waals surface area contributed by atoms with Crippen molar-refractivity contribution < 1.29 is 9.53 Å². The number of anilines is 1. The van der Waals surface area contributed by atoms with Crippen molar-refractivity contribution in [3.63, 3.8) is 0 Å². The lowest BCUT2D eigenvalue weighted by Crippen LogP contribution is -2.69. The summed E-state index contributed by atoms with van der Waals surface area (Å²) < 4.78 is 5.25. The zero-order chi connectivity index (χ0) is 14.3. The first kappa shape index (κ1) is 13.9. The van der Waals surface area contributed by atoms with Crippen LogP contribution < -0.4 is 15.0 Å². The Morgan fingerprint density at radius 2 is 1.95 bits per heavy atom. The molecule has 1 aromatic carbocycles. The maximum absolute atomic E-state index is 12.7. The summed E-state index contributed by atoms with van der Waals surface area (Å²) in [5, 5.41) is 3.30. The largest absolute Gasteiger partial charge is 0.497 e. The fraction of sp³-hybridized carbons (Fsp3) is 0.533. The van der Waals surface area contributed by atoms with Crippen LogP contribution >= 0.6 is 0 Å². The Labute approximate surface area is 114 Å². The van der Waals surface area contributed by atoms with E-state index in [0.717, 1.165) is 18.0 Å². The summed E-state index contributed by atoms with van der Waals surface area (Å²) in [6.45, 7) is 8.71. The fourth-order valence-corrected chi connectivity index (χ4v) is 2.36. The first-order chi connectivity index (χ1) is 8.78. The number of amides is 1. The SMILES string of the molecule is COc1cccc(N2C(=O)C(C)(C)NCC2(C)C)c1. The van der Waals surface area contributed by atoms with E-state index in [9.17, 15) is 4.79 Å². The average molecular weight is 262 g/mol. The molecule has 1 saturated heterocycles. The van der Waals surface area contributed by atoms with Crippen molar-refractivity contribution in [2.24, 2.45) is 0 Å². The van der Waals surface area contributed by atoms with Crippen LogP contribution in [0.3, 0.4) is 0 Å². The third-order valence-electron chi connectivity index (χ3n) is 3.62. The third kappa shape index (κ3) is 2.45. The van der Waals surface area contributed by atoms with Gasteiger partial charge in [-0.15, -0.1) is 0 Å². The maximum atomic E-state index is 12.7. The summed E-state index contributed by atoms with van der Waals surface area (Å²) in [4.78, 5) is 14.6. The number of nitrogens with zero attached hydrogens (tertiary/aromatic N) is 1. The van der Waals surface area contributed by atoms with Crippen LogP contribution in [0.2, 0.25) is 0 Å². The number of piperazine rings is 1. The van der Waals surface area contributed by atoms with E-state index in [2.05, 4.69) is 19.2 Å². The van der Waals surface area contributed by atoms with Crippen LogP contribution in [0.1, 0.15) is 27.7 Å². The predicted octanol–water partition coefficient (Wildman–Crippen LogP) is 2.19. The minimum Gasteiger partial charge on any atom is -0.497 e. The summed E-state index contributed by atoms with van der Waals surface area (Å²) in [6.07, 6.45) is 0. The summed E-state index contributed by atoms with van der Waals surface area (Å²) >= 11 is 0. The van der Waals surface area contributed by atoms with Crippen molar-refractivity contribution >= 4 is 11.6 Å². The Bertz CT molecular complexity index is 495. The second-order valence-electron chi connectivity index (χ2n) is 6.13. The van der Waals surface area contributed by atoms with Crippen LogP contribution in [0.4, 0.5) is 5.69 Å². The molecule has 4 nitrogen and oxygen atoms in total. The van der Waals surface area contributed by atoms with Gasteiger partial charge in [0.2, 0.25) is 5.91 Å². The molecule has 1 aliphatic heterocycles. The number of methoxy groups -OCH3 is 1. The van der Waals surface area contributed by atoms with E-state index in [1.54, 1.807) is 7.11 Å². The molecule has 1 aromatic rings. The highest BCUT2D eigenvalue weighted by Crippen LogP contribution is 2.32. The van der Waals surface area contributed by atoms with Gasteiger partial charge < -0.3 is 15.0 Å². The molecule has 2 rings (SSSR count). The van der Waals surface area contributed by atoms with Gasteiger partial charge in [-0.1, -0.05) is 6.07 Å². The van der Waals surface area contributed by atoms with Crippen LogP contribution in [-0.2, 0) is 4.79 Å². The number of nitrogens with one attached hydrogen (secondary N) is 1. The van der Waals surface area contributed by atoms with E-state index in [4.69, 9.17) is 4.74 Å². The molecule has 104 valence electrons. The third-order valence-corrected chi connectivity index (χ3v) is 3.62. The molecule has 0 spiro atoms. The zero-order valence-corrected chi connectivity index (χ0v) is 12.3. The number of carbonyl (C=O) groups is 1. The number of rotatable bonds is 2. The zero-order valence-electron chi connectivity index (χ0n) is 12.3. The van der Waals surface area contributed by atoms with E-state index < -0.39 is 5.54 Å². The molecule has 4 heteroatoms. The highest BCUT2D eigenvalue weighted by molar-refractivity contribution is 6.02. The molecule has 1 fully saturated rings. The topological polar surface area (TPSA) is 41.6 Å². The van der Waals surface area contributed by atoms with Gasteiger partial charge >= 0.3 is 0 Å². The number of ether oxygens (including phenoxy) is 1. The Hall–Kier alpha value is -1.55. The highest BCUT2D eigenvalue weighted by atomic mass is 16.5. The first-order valence-electron chi connectivity index (χ1n) is 6.52. The van der Waals surface area contributed by atoms with Gasteiger partial charge in [0.25, 0.3) is 0 Å². The molecule has 1 heterocycles. The quantitative estimate of drug-likeness (QED) is 0.888.